The van der Waals surface area contributed by atoms with Crippen molar-refractivity contribution in [3.63, 3.8) is 0 Å². The minimum absolute atomic E-state index is 0.146. The number of rotatable bonds is 7. The monoisotopic (exact) mass is 409 g/mol. The molecule has 0 bridgehead atoms. The summed E-state index contributed by atoms with van der Waals surface area (Å²) in [5.74, 6) is 0.410. The second-order valence-electron chi connectivity index (χ2n) is 7.06. The van der Waals surface area contributed by atoms with Crippen LogP contribution in [-0.2, 0) is 13.6 Å². The highest BCUT2D eigenvalue weighted by Gasteiger charge is 2.22. The van der Waals surface area contributed by atoms with E-state index in [1.54, 1.807) is 16.5 Å². The number of aryl methyl sites for hydroxylation is 1. The summed E-state index contributed by atoms with van der Waals surface area (Å²) in [7, 11) is 1.54. The predicted octanol–water partition coefficient (Wildman–Crippen LogP) is 0.416. The van der Waals surface area contributed by atoms with Gasteiger partial charge in [-0.25, -0.2) is 4.79 Å². The van der Waals surface area contributed by atoms with Gasteiger partial charge >= 0.3 is 5.69 Å². The molecule has 0 aliphatic heterocycles. The lowest BCUT2D eigenvalue weighted by molar-refractivity contribution is 0.279. The van der Waals surface area contributed by atoms with Crippen molar-refractivity contribution in [1.29, 1.82) is 0 Å². The largest absolute Gasteiger partial charge is 0.395 e. The molecule has 4 rings (SSSR count). The molecule has 0 saturated carbocycles. The highest BCUT2D eigenvalue weighted by Crippen LogP contribution is 2.25. The number of H-pyrrole nitrogens is 1. The second kappa shape index (κ2) is 8.13. The molecule has 9 heteroatoms. The van der Waals surface area contributed by atoms with Crippen molar-refractivity contribution >= 4 is 27.9 Å². The first-order valence-electron chi connectivity index (χ1n) is 9.68. The molecule has 0 fully saturated rings. The maximum atomic E-state index is 12.7. The molecule has 156 valence electrons. The molecule has 3 N–H and O–H groups in total. The average molecular weight is 409 g/mol. The summed E-state index contributed by atoms with van der Waals surface area (Å²) in [6.45, 7) is 0.498. The predicted molar refractivity (Wildman–Crippen MR) is 115 cm³/mol. The summed E-state index contributed by atoms with van der Waals surface area (Å²) >= 11 is 0. The van der Waals surface area contributed by atoms with Crippen molar-refractivity contribution in [3.05, 3.63) is 68.9 Å². The van der Waals surface area contributed by atoms with Gasteiger partial charge in [0, 0.05) is 20.1 Å². The Morgan fingerprint density at radius 3 is 2.47 bits per heavy atom. The van der Waals surface area contributed by atoms with Gasteiger partial charge in [0.25, 0.3) is 5.56 Å². The Labute approximate surface area is 171 Å². The van der Waals surface area contributed by atoms with E-state index < -0.39 is 11.2 Å². The van der Waals surface area contributed by atoms with Crippen LogP contribution in [0.4, 0.5) is 5.95 Å². The zero-order chi connectivity index (χ0) is 21.3. The number of nitrogens with one attached hydrogen (secondary N) is 1. The lowest BCUT2D eigenvalue weighted by atomic mass is 10.0. The fourth-order valence-corrected chi connectivity index (χ4v) is 3.77. The van der Waals surface area contributed by atoms with Gasteiger partial charge in [-0.3, -0.25) is 18.9 Å². The summed E-state index contributed by atoms with van der Waals surface area (Å²) in [4.78, 5) is 33.4. The summed E-state index contributed by atoms with van der Waals surface area (Å²) in [6.07, 6.45) is 0. The summed E-state index contributed by atoms with van der Waals surface area (Å²) in [6, 6.07) is 13.9. The van der Waals surface area contributed by atoms with Crippen LogP contribution in [0.5, 0.6) is 0 Å². The zero-order valence-corrected chi connectivity index (χ0v) is 16.6. The van der Waals surface area contributed by atoms with Gasteiger partial charge in [0.2, 0.25) is 5.95 Å². The van der Waals surface area contributed by atoms with Gasteiger partial charge in [0.05, 0.1) is 19.8 Å². The molecule has 0 saturated heterocycles. The van der Waals surface area contributed by atoms with Gasteiger partial charge in [-0.05, 0) is 16.3 Å². The third-order valence-electron chi connectivity index (χ3n) is 5.22. The number of hydrogen-bond donors (Lipinski definition) is 3. The number of anilines is 1. The normalized spacial score (nSPS) is 11.4. The smallest absolute Gasteiger partial charge is 0.329 e. The average Bonchev–Trinajstić information content (AvgIpc) is 3.12. The maximum Gasteiger partial charge on any atom is 0.329 e. The third-order valence-corrected chi connectivity index (χ3v) is 5.22. The van der Waals surface area contributed by atoms with Crippen LogP contribution in [-0.4, -0.2) is 55.6 Å². The van der Waals surface area contributed by atoms with Gasteiger partial charge < -0.3 is 15.1 Å². The van der Waals surface area contributed by atoms with Gasteiger partial charge in [-0.2, -0.15) is 4.98 Å². The number of benzene rings is 2. The molecule has 2 heterocycles. The number of imidazole rings is 1. The van der Waals surface area contributed by atoms with Crippen LogP contribution in [0.15, 0.2) is 52.1 Å². The number of hydrogen-bond acceptors (Lipinski definition) is 6. The lowest BCUT2D eigenvalue weighted by Gasteiger charge is -2.23. The molecular formula is C21H23N5O4. The Balaban J connectivity index is 1.98. The molecule has 0 unspecified atom stereocenters. The highest BCUT2D eigenvalue weighted by atomic mass is 16.3. The molecule has 0 aliphatic rings. The van der Waals surface area contributed by atoms with Gasteiger partial charge in [0.1, 0.15) is 0 Å². The van der Waals surface area contributed by atoms with Crippen LogP contribution < -0.4 is 16.1 Å². The fraction of sp³-hybridized carbons (Fsp3) is 0.286. The SMILES string of the molecule is Cn1c(=O)[nH]c(=O)c2c1nc(N(CCO)CCO)n2Cc1cccc2ccccc12. The third kappa shape index (κ3) is 3.38. The van der Waals surface area contributed by atoms with Crippen LogP contribution >= 0.6 is 0 Å². The Morgan fingerprint density at radius 1 is 1.03 bits per heavy atom. The molecule has 0 amide bonds. The molecule has 30 heavy (non-hydrogen) atoms. The molecular weight excluding hydrogens is 386 g/mol. The first-order valence-corrected chi connectivity index (χ1v) is 9.68. The Morgan fingerprint density at radius 2 is 1.73 bits per heavy atom. The standard InChI is InChI=1S/C21H23N5O4/c1-24-18-17(19(29)23-21(24)30)26(20(22-18)25(9-11-27)10-12-28)13-15-7-4-6-14-5-2-3-8-16(14)15/h2-8,27-28H,9-13H2,1H3,(H,23,29,30). The minimum atomic E-state index is -0.551. The van der Waals surface area contributed by atoms with E-state index in [2.05, 4.69) is 9.97 Å². The molecule has 0 atom stereocenters. The van der Waals surface area contributed by atoms with Gasteiger partial charge in [0.15, 0.2) is 11.2 Å². The Hall–Kier alpha value is -3.43. The van der Waals surface area contributed by atoms with E-state index >= 15 is 0 Å². The summed E-state index contributed by atoms with van der Waals surface area (Å²) < 4.78 is 3.02. The zero-order valence-electron chi connectivity index (χ0n) is 16.6. The van der Waals surface area contributed by atoms with Crippen LogP contribution in [0.3, 0.4) is 0 Å². The van der Waals surface area contributed by atoms with Crippen molar-refractivity contribution in [3.8, 4) is 0 Å². The summed E-state index contributed by atoms with van der Waals surface area (Å²) in [5, 5.41) is 21.1. The van der Waals surface area contributed by atoms with Crippen molar-refractivity contribution in [2.75, 3.05) is 31.2 Å². The highest BCUT2D eigenvalue weighted by molar-refractivity contribution is 5.86. The van der Waals surface area contributed by atoms with E-state index in [9.17, 15) is 19.8 Å². The van der Waals surface area contributed by atoms with Crippen LogP contribution in [0, 0.1) is 0 Å². The molecule has 2 aromatic carbocycles. The molecule has 2 aromatic heterocycles. The topological polar surface area (TPSA) is 116 Å². The van der Waals surface area contributed by atoms with E-state index in [1.165, 1.54) is 4.57 Å². The van der Waals surface area contributed by atoms with Crippen molar-refractivity contribution in [2.24, 2.45) is 7.05 Å². The number of aromatic amines is 1. The molecule has 0 radical (unpaired) electrons. The fourth-order valence-electron chi connectivity index (χ4n) is 3.77. The first-order chi connectivity index (χ1) is 14.5. The van der Waals surface area contributed by atoms with E-state index in [1.807, 2.05) is 42.5 Å². The number of aromatic nitrogens is 4. The molecule has 4 aromatic rings. The number of nitrogens with zero attached hydrogens (tertiary/aromatic N) is 4. The quantitative estimate of drug-likeness (QED) is 0.407. The van der Waals surface area contributed by atoms with Crippen molar-refractivity contribution < 1.29 is 10.2 Å². The van der Waals surface area contributed by atoms with Crippen molar-refractivity contribution in [2.45, 2.75) is 6.54 Å². The van der Waals surface area contributed by atoms with E-state index in [0.29, 0.717) is 12.5 Å². The number of aliphatic hydroxyl groups is 2. The summed E-state index contributed by atoms with van der Waals surface area (Å²) in [5.41, 5.74) is 0.417. The Bertz CT molecular complexity index is 1310. The van der Waals surface area contributed by atoms with E-state index in [-0.39, 0.29) is 37.5 Å². The minimum Gasteiger partial charge on any atom is -0.395 e. The molecule has 0 aliphatic carbocycles. The Kier molecular flexibility index (Phi) is 5.39. The maximum absolute atomic E-state index is 12.7. The van der Waals surface area contributed by atoms with Crippen LogP contribution in [0.1, 0.15) is 5.56 Å². The van der Waals surface area contributed by atoms with Crippen LogP contribution in [0.25, 0.3) is 21.9 Å². The number of aliphatic hydroxyl groups excluding tert-OH is 2. The van der Waals surface area contributed by atoms with E-state index in [4.69, 9.17) is 0 Å². The molecule has 0 spiro atoms. The van der Waals surface area contributed by atoms with Gasteiger partial charge in [-0.1, -0.05) is 42.5 Å². The lowest BCUT2D eigenvalue weighted by Crippen LogP contribution is -2.32. The number of fused-ring (bicyclic) bond motifs is 2. The van der Waals surface area contributed by atoms with E-state index in [0.717, 1.165) is 16.3 Å². The first kappa shape index (κ1) is 19.9. The molecule has 9 nitrogen and oxygen atoms in total. The van der Waals surface area contributed by atoms with Gasteiger partial charge in [-0.15, -0.1) is 0 Å². The van der Waals surface area contributed by atoms with Crippen LogP contribution in [0.2, 0.25) is 0 Å². The second-order valence-corrected chi connectivity index (χ2v) is 7.06. The van der Waals surface area contributed by atoms with Crippen molar-refractivity contribution in [1.82, 2.24) is 19.1 Å².